The first-order valence-corrected chi connectivity index (χ1v) is 5.99. The molecular weight excluding hydrogens is 200 g/mol. The first-order valence-electron chi connectivity index (χ1n) is 5.99. The zero-order valence-corrected chi connectivity index (χ0v) is 9.86. The Morgan fingerprint density at radius 1 is 1.38 bits per heavy atom. The van der Waals surface area contributed by atoms with Crippen LogP contribution in [0.1, 0.15) is 24.9 Å². The SMILES string of the molecule is CCC(N)c1cccc(N2CCOCC2)c1. The summed E-state index contributed by atoms with van der Waals surface area (Å²) in [5.74, 6) is 0. The first kappa shape index (κ1) is 11.4. The van der Waals surface area contributed by atoms with E-state index < -0.39 is 0 Å². The highest BCUT2D eigenvalue weighted by Crippen LogP contribution is 2.21. The number of rotatable bonds is 3. The van der Waals surface area contributed by atoms with Gasteiger partial charge in [0.2, 0.25) is 0 Å². The molecule has 0 bridgehead atoms. The monoisotopic (exact) mass is 220 g/mol. The molecule has 0 aliphatic carbocycles. The van der Waals surface area contributed by atoms with Crippen molar-refractivity contribution in [2.75, 3.05) is 31.2 Å². The number of hydrogen-bond donors (Lipinski definition) is 1. The van der Waals surface area contributed by atoms with Gasteiger partial charge in [-0.1, -0.05) is 19.1 Å². The maximum atomic E-state index is 6.05. The van der Waals surface area contributed by atoms with Gasteiger partial charge < -0.3 is 15.4 Å². The van der Waals surface area contributed by atoms with E-state index in [1.165, 1.54) is 11.3 Å². The molecule has 1 aromatic rings. The van der Waals surface area contributed by atoms with Gasteiger partial charge in [0.15, 0.2) is 0 Å². The van der Waals surface area contributed by atoms with Gasteiger partial charge in [0, 0.05) is 24.8 Å². The van der Waals surface area contributed by atoms with E-state index in [-0.39, 0.29) is 6.04 Å². The average molecular weight is 220 g/mol. The summed E-state index contributed by atoms with van der Waals surface area (Å²) in [7, 11) is 0. The van der Waals surface area contributed by atoms with Crippen LogP contribution in [0.25, 0.3) is 0 Å². The van der Waals surface area contributed by atoms with Crippen LogP contribution < -0.4 is 10.6 Å². The largest absolute Gasteiger partial charge is 0.378 e. The molecule has 0 spiro atoms. The van der Waals surface area contributed by atoms with Crippen molar-refractivity contribution in [1.29, 1.82) is 0 Å². The lowest BCUT2D eigenvalue weighted by molar-refractivity contribution is 0.122. The fraction of sp³-hybridized carbons (Fsp3) is 0.538. The molecule has 0 radical (unpaired) electrons. The highest BCUT2D eigenvalue weighted by Gasteiger charge is 2.12. The lowest BCUT2D eigenvalue weighted by Gasteiger charge is -2.29. The average Bonchev–Trinajstić information content (AvgIpc) is 2.39. The smallest absolute Gasteiger partial charge is 0.0642 e. The summed E-state index contributed by atoms with van der Waals surface area (Å²) in [4.78, 5) is 2.36. The van der Waals surface area contributed by atoms with Gasteiger partial charge in [-0.05, 0) is 24.1 Å². The predicted molar refractivity (Wildman–Crippen MR) is 66.7 cm³/mol. The molecule has 1 heterocycles. The zero-order chi connectivity index (χ0) is 11.4. The summed E-state index contributed by atoms with van der Waals surface area (Å²) >= 11 is 0. The molecule has 1 aromatic carbocycles. The molecule has 2 N–H and O–H groups in total. The third-order valence-electron chi connectivity index (χ3n) is 3.11. The van der Waals surface area contributed by atoms with Crippen LogP contribution >= 0.6 is 0 Å². The van der Waals surface area contributed by atoms with Crippen molar-refractivity contribution in [2.24, 2.45) is 5.73 Å². The molecule has 0 amide bonds. The van der Waals surface area contributed by atoms with Crippen LogP contribution in [-0.4, -0.2) is 26.3 Å². The number of benzene rings is 1. The second kappa shape index (κ2) is 5.32. The molecule has 3 heteroatoms. The van der Waals surface area contributed by atoms with Crippen LogP contribution in [0.5, 0.6) is 0 Å². The van der Waals surface area contributed by atoms with E-state index in [0.717, 1.165) is 32.7 Å². The third-order valence-corrected chi connectivity index (χ3v) is 3.11. The molecule has 1 saturated heterocycles. The quantitative estimate of drug-likeness (QED) is 0.846. The standard InChI is InChI=1S/C13H20N2O/c1-2-13(14)11-4-3-5-12(10-11)15-6-8-16-9-7-15/h3-5,10,13H,2,6-9,14H2,1H3. The molecule has 0 aromatic heterocycles. The van der Waals surface area contributed by atoms with Crippen molar-refractivity contribution in [3.05, 3.63) is 29.8 Å². The van der Waals surface area contributed by atoms with E-state index in [9.17, 15) is 0 Å². The highest BCUT2D eigenvalue weighted by atomic mass is 16.5. The molecule has 2 rings (SSSR count). The van der Waals surface area contributed by atoms with Crippen LogP contribution in [0.3, 0.4) is 0 Å². The molecule has 3 nitrogen and oxygen atoms in total. The minimum absolute atomic E-state index is 0.154. The molecule has 0 saturated carbocycles. The Morgan fingerprint density at radius 3 is 2.81 bits per heavy atom. The van der Waals surface area contributed by atoms with E-state index in [1.54, 1.807) is 0 Å². The van der Waals surface area contributed by atoms with Crippen LogP contribution in [0, 0.1) is 0 Å². The summed E-state index contributed by atoms with van der Waals surface area (Å²) in [5, 5.41) is 0. The predicted octanol–water partition coefficient (Wildman–Crippen LogP) is 1.93. The Hall–Kier alpha value is -1.06. The van der Waals surface area contributed by atoms with Crippen molar-refractivity contribution in [1.82, 2.24) is 0 Å². The van der Waals surface area contributed by atoms with E-state index in [4.69, 9.17) is 10.5 Å². The van der Waals surface area contributed by atoms with Gasteiger partial charge in [-0.25, -0.2) is 0 Å². The van der Waals surface area contributed by atoms with E-state index >= 15 is 0 Å². The molecular formula is C13H20N2O. The van der Waals surface area contributed by atoms with E-state index in [2.05, 4.69) is 36.1 Å². The van der Waals surface area contributed by atoms with Crippen LogP contribution in [0.2, 0.25) is 0 Å². The van der Waals surface area contributed by atoms with Crippen molar-refractivity contribution >= 4 is 5.69 Å². The summed E-state index contributed by atoms with van der Waals surface area (Å²) < 4.78 is 5.35. The van der Waals surface area contributed by atoms with Gasteiger partial charge in [0.05, 0.1) is 13.2 Å². The van der Waals surface area contributed by atoms with Crippen LogP contribution in [0.15, 0.2) is 24.3 Å². The number of morpholine rings is 1. The van der Waals surface area contributed by atoms with Gasteiger partial charge in [0.1, 0.15) is 0 Å². The van der Waals surface area contributed by atoms with Crippen molar-refractivity contribution < 1.29 is 4.74 Å². The molecule has 1 aliphatic rings. The Kier molecular flexibility index (Phi) is 3.80. The zero-order valence-electron chi connectivity index (χ0n) is 9.86. The Balaban J connectivity index is 2.14. The summed E-state index contributed by atoms with van der Waals surface area (Å²) in [6.07, 6.45) is 0.979. The number of nitrogens with two attached hydrogens (primary N) is 1. The minimum Gasteiger partial charge on any atom is -0.378 e. The van der Waals surface area contributed by atoms with Gasteiger partial charge >= 0.3 is 0 Å². The number of hydrogen-bond acceptors (Lipinski definition) is 3. The van der Waals surface area contributed by atoms with Crippen molar-refractivity contribution in [3.8, 4) is 0 Å². The highest BCUT2D eigenvalue weighted by molar-refractivity contribution is 5.49. The van der Waals surface area contributed by atoms with Gasteiger partial charge in [-0.2, -0.15) is 0 Å². The molecule has 1 atom stereocenters. The molecule has 88 valence electrons. The fourth-order valence-corrected chi connectivity index (χ4v) is 2.01. The molecule has 1 fully saturated rings. The van der Waals surface area contributed by atoms with Gasteiger partial charge in [-0.3, -0.25) is 0 Å². The van der Waals surface area contributed by atoms with Crippen LogP contribution in [-0.2, 0) is 4.74 Å². The number of nitrogens with zero attached hydrogens (tertiary/aromatic N) is 1. The maximum Gasteiger partial charge on any atom is 0.0642 e. The fourth-order valence-electron chi connectivity index (χ4n) is 2.01. The second-order valence-electron chi connectivity index (χ2n) is 4.21. The minimum atomic E-state index is 0.154. The van der Waals surface area contributed by atoms with Gasteiger partial charge in [0.25, 0.3) is 0 Å². The maximum absolute atomic E-state index is 6.05. The molecule has 1 unspecified atom stereocenters. The number of anilines is 1. The van der Waals surface area contributed by atoms with Crippen LogP contribution in [0.4, 0.5) is 5.69 Å². The van der Waals surface area contributed by atoms with Crippen molar-refractivity contribution in [3.63, 3.8) is 0 Å². The lowest BCUT2D eigenvalue weighted by atomic mass is 10.0. The summed E-state index contributed by atoms with van der Waals surface area (Å²) in [6.45, 7) is 5.72. The topological polar surface area (TPSA) is 38.5 Å². The normalized spacial score (nSPS) is 18.5. The Bertz CT molecular complexity index is 334. The van der Waals surface area contributed by atoms with E-state index in [0.29, 0.717) is 0 Å². The summed E-state index contributed by atoms with van der Waals surface area (Å²) in [6, 6.07) is 8.71. The lowest BCUT2D eigenvalue weighted by Crippen LogP contribution is -2.36. The van der Waals surface area contributed by atoms with Crippen molar-refractivity contribution in [2.45, 2.75) is 19.4 Å². The number of ether oxygens (including phenoxy) is 1. The Morgan fingerprint density at radius 2 is 2.12 bits per heavy atom. The van der Waals surface area contributed by atoms with E-state index in [1.807, 2.05) is 0 Å². The second-order valence-corrected chi connectivity index (χ2v) is 4.21. The Labute approximate surface area is 97.2 Å². The molecule has 1 aliphatic heterocycles. The molecule has 16 heavy (non-hydrogen) atoms. The first-order chi connectivity index (χ1) is 7.81. The third kappa shape index (κ3) is 2.54. The summed E-state index contributed by atoms with van der Waals surface area (Å²) in [5.41, 5.74) is 8.55. The van der Waals surface area contributed by atoms with Gasteiger partial charge in [-0.15, -0.1) is 0 Å².